The minimum absolute atomic E-state index is 0.00122. The largest absolute Gasteiger partial charge is 0.336 e. The third-order valence-electron chi connectivity index (χ3n) is 3.24. The van der Waals surface area contributed by atoms with Crippen LogP contribution in [-0.2, 0) is 0 Å². The number of carbonyl (C=O) groups is 1. The van der Waals surface area contributed by atoms with Gasteiger partial charge in [-0.05, 0) is 37.6 Å². The summed E-state index contributed by atoms with van der Waals surface area (Å²) < 4.78 is 0. The fraction of sp³-hybridized carbons (Fsp3) is 0.500. The first-order valence-corrected chi connectivity index (χ1v) is 6.61. The van der Waals surface area contributed by atoms with Gasteiger partial charge < -0.3 is 10.6 Å². The van der Waals surface area contributed by atoms with Crippen LogP contribution in [0.25, 0.3) is 0 Å². The van der Waals surface area contributed by atoms with Crippen molar-refractivity contribution >= 4 is 11.7 Å². The summed E-state index contributed by atoms with van der Waals surface area (Å²) >= 11 is 0. The number of urea groups is 1. The zero-order valence-electron chi connectivity index (χ0n) is 11.1. The van der Waals surface area contributed by atoms with Gasteiger partial charge in [0, 0.05) is 24.8 Å². The number of rotatable bonds is 5. The molecule has 0 bridgehead atoms. The topological polar surface area (TPSA) is 44.4 Å². The van der Waals surface area contributed by atoms with Gasteiger partial charge in [-0.3, -0.25) is 4.90 Å². The average Bonchev–Trinajstić information content (AvgIpc) is 2.82. The molecule has 18 heavy (non-hydrogen) atoms. The molecule has 4 heteroatoms. The predicted octanol–water partition coefficient (Wildman–Crippen LogP) is 2.28. The van der Waals surface area contributed by atoms with E-state index in [0.717, 1.165) is 31.7 Å². The standard InChI is InChI=1S/C14H21N3O/c1-3-7-15-11(2)12-5-4-6-13(10-12)17-9-8-16-14(17)18/h4-6,10-11,15H,3,7-9H2,1-2H3,(H,16,18). The van der Waals surface area contributed by atoms with Crippen molar-refractivity contribution in [2.45, 2.75) is 26.3 Å². The van der Waals surface area contributed by atoms with Crippen molar-refractivity contribution in [2.75, 3.05) is 24.5 Å². The molecule has 98 valence electrons. The second kappa shape index (κ2) is 5.87. The van der Waals surface area contributed by atoms with Crippen molar-refractivity contribution in [2.24, 2.45) is 0 Å². The van der Waals surface area contributed by atoms with E-state index < -0.39 is 0 Å². The lowest BCUT2D eigenvalue weighted by molar-refractivity contribution is 0.252. The van der Waals surface area contributed by atoms with E-state index in [-0.39, 0.29) is 6.03 Å². The summed E-state index contributed by atoms with van der Waals surface area (Å²) in [5.74, 6) is 0. The minimum atomic E-state index is 0.00122. The molecule has 1 unspecified atom stereocenters. The highest BCUT2D eigenvalue weighted by Crippen LogP contribution is 2.21. The molecule has 1 fully saturated rings. The Kier molecular flexibility index (Phi) is 4.20. The highest BCUT2D eigenvalue weighted by molar-refractivity contribution is 5.94. The highest BCUT2D eigenvalue weighted by Gasteiger charge is 2.21. The van der Waals surface area contributed by atoms with E-state index in [2.05, 4.69) is 36.6 Å². The predicted molar refractivity (Wildman–Crippen MR) is 73.9 cm³/mol. The van der Waals surface area contributed by atoms with Gasteiger partial charge in [-0.25, -0.2) is 4.79 Å². The molecule has 2 N–H and O–H groups in total. The number of nitrogens with one attached hydrogen (secondary N) is 2. The third-order valence-corrected chi connectivity index (χ3v) is 3.24. The first-order valence-electron chi connectivity index (χ1n) is 6.61. The molecule has 1 saturated heterocycles. The van der Waals surface area contributed by atoms with E-state index in [0.29, 0.717) is 6.04 Å². The number of benzene rings is 1. The summed E-state index contributed by atoms with van der Waals surface area (Å²) in [6.45, 7) is 6.80. The molecule has 4 nitrogen and oxygen atoms in total. The molecule has 1 aliphatic rings. The van der Waals surface area contributed by atoms with Gasteiger partial charge in [0.1, 0.15) is 0 Å². The zero-order chi connectivity index (χ0) is 13.0. The average molecular weight is 247 g/mol. The van der Waals surface area contributed by atoms with Crippen LogP contribution in [-0.4, -0.2) is 25.7 Å². The summed E-state index contributed by atoms with van der Waals surface area (Å²) in [4.78, 5) is 13.4. The van der Waals surface area contributed by atoms with Gasteiger partial charge in [0.15, 0.2) is 0 Å². The van der Waals surface area contributed by atoms with Crippen molar-refractivity contribution in [3.63, 3.8) is 0 Å². The van der Waals surface area contributed by atoms with Gasteiger partial charge in [-0.2, -0.15) is 0 Å². The Morgan fingerprint density at radius 3 is 3.00 bits per heavy atom. The van der Waals surface area contributed by atoms with Gasteiger partial charge in [-0.1, -0.05) is 19.1 Å². The summed E-state index contributed by atoms with van der Waals surface area (Å²) in [6, 6.07) is 8.52. The van der Waals surface area contributed by atoms with Crippen LogP contribution in [0, 0.1) is 0 Å². The van der Waals surface area contributed by atoms with Crippen LogP contribution >= 0.6 is 0 Å². The van der Waals surface area contributed by atoms with Gasteiger partial charge in [0.05, 0.1) is 0 Å². The lowest BCUT2D eigenvalue weighted by Crippen LogP contribution is -2.28. The van der Waals surface area contributed by atoms with Gasteiger partial charge >= 0.3 is 6.03 Å². The molecule has 1 aromatic rings. The van der Waals surface area contributed by atoms with E-state index in [1.165, 1.54) is 5.56 Å². The normalized spacial score (nSPS) is 16.8. The molecule has 0 aromatic heterocycles. The maximum absolute atomic E-state index is 11.6. The molecule has 2 rings (SSSR count). The molecule has 1 heterocycles. The fourth-order valence-corrected chi connectivity index (χ4v) is 2.16. The Hall–Kier alpha value is -1.55. The van der Waals surface area contributed by atoms with Crippen LogP contribution in [0.5, 0.6) is 0 Å². The van der Waals surface area contributed by atoms with Crippen LogP contribution in [0.4, 0.5) is 10.5 Å². The first kappa shape index (κ1) is 12.9. The van der Waals surface area contributed by atoms with Crippen molar-refractivity contribution in [1.82, 2.24) is 10.6 Å². The number of anilines is 1. The Bertz CT molecular complexity index is 419. The second-order valence-electron chi connectivity index (χ2n) is 4.65. The van der Waals surface area contributed by atoms with Gasteiger partial charge in [-0.15, -0.1) is 0 Å². The number of hydrogen-bond acceptors (Lipinski definition) is 2. The molecule has 0 spiro atoms. The van der Waals surface area contributed by atoms with E-state index in [9.17, 15) is 4.79 Å². The molecule has 2 amide bonds. The summed E-state index contributed by atoms with van der Waals surface area (Å²) in [7, 11) is 0. The monoisotopic (exact) mass is 247 g/mol. The third kappa shape index (κ3) is 2.82. The van der Waals surface area contributed by atoms with Crippen molar-refractivity contribution in [1.29, 1.82) is 0 Å². The lowest BCUT2D eigenvalue weighted by Gasteiger charge is -2.18. The Morgan fingerprint density at radius 1 is 1.50 bits per heavy atom. The molecular weight excluding hydrogens is 226 g/mol. The first-order chi connectivity index (χ1) is 8.72. The smallest absolute Gasteiger partial charge is 0.321 e. The molecule has 1 atom stereocenters. The van der Waals surface area contributed by atoms with Crippen LogP contribution in [0.1, 0.15) is 31.9 Å². The summed E-state index contributed by atoms with van der Waals surface area (Å²) in [5, 5.41) is 6.28. The van der Waals surface area contributed by atoms with E-state index in [1.54, 1.807) is 4.90 Å². The molecule has 0 saturated carbocycles. The second-order valence-corrected chi connectivity index (χ2v) is 4.65. The lowest BCUT2D eigenvalue weighted by atomic mass is 10.1. The minimum Gasteiger partial charge on any atom is -0.336 e. The van der Waals surface area contributed by atoms with E-state index in [4.69, 9.17) is 0 Å². The van der Waals surface area contributed by atoms with Crippen molar-refractivity contribution < 1.29 is 4.79 Å². The Labute approximate surface area is 108 Å². The van der Waals surface area contributed by atoms with Gasteiger partial charge in [0.25, 0.3) is 0 Å². The summed E-state index contributed by atoms with van der Waals surface area (Å²) in [5.41, 5.74) is 2.20. The number of nitrogens with zero attached hydrogens (tertiary/aromatic N) is 1. The molecule has 0 radical (unpaired) electrons. The molecular formula is C14H21N3O. The SMILES string of the molecule is CCCNC(C)c1cccc(N2CCNC2=O)c1. The Balaban J connectivity index is 2.11. The van der Waals surface area contributed by atoms with Crippen LogP contribution in [0.15, 0.2) is 24.3 Å². The summed E-state index contributed by atoms with van der Waals surface area (Å²) in [6.07, 6.45) is 1.12. The highest BCUT2D eigenvalue weighted by atomic mass is 16.2. The van der Waals surface area contributed by atoms with Crippen LogP contribution < -0.4 is 15.5 Å². The number of amides is 2. The molecule has 0 aliphatic carbocycles. The number of carbonyl (C=O) groups excluding carboxylic acids is 1. The zero-order valence-corrected chi connectivity index (χ0v) is 11.1. The van der Waals surface area contributed by atoms with E-state index >= 15 is 0 Å². The Morgan fingerprint density at radius 2 is 2.33 bits per heavy atom. The molecule has 1 aliphatic heterocycles. The van der Waals surface area contributed by atoms with Crippen molar-refractivity contribution in [3.8, 4) is 0 Å². The van der Waals surface area contributed by atoms with Crippen LogP contribution in [0.2, 0.25) is 0 Å². The quantitative estimate of drug-likeness (QED) is 0.838. The van der Waals surface area contributed by atoms with E-state index in [1.807, 2.05) is 12.1 Å². The maximum atomic E-state index is 11.6. The molecule has 1 aromatic carbocycles. The van der Waals surface area contributed by atoms with Crippen molar-refractivity contribution in [3.05, 3.63) is 29.8 Å². The number of hydrogen-bond donors (Lipinski definition) is 2. The van der Waals surface area contributed by atoms with Gasteiger partial charge in [0.2, 0.25) is 0 Å². The fourth-order valence-electron chi connectivity index (χ4n) is 2.16. The van der Waals surface area contributed by atoms with Crippen LogP contribution in [0.3, 0.4) is 0 Å². The maximum Gasteiger partial charge on any atom is 0.321 e.